The second-order valence-electron chi connectivity index (χ2n) is 5.09. The maximum atomic E-state index is 5.89. The van der Waals surface area contributed by atoms with E-state index in [2.05, 4.69) is 53.2 Å². The van der Waals surface area contributed by atoms with Gasteiger partial charge in [0.25, 0.3) is 0 Å². The lowest BCUT2D eigenvalue weighted by atomic mass is 10.0. The zero-order valence-electron chi connectivity index (χ0n) is 11.7. The van der Waals surface area contributed by atoms with Gasteiger partial charge in [0, 0.05) is 15.6 Å². The van der Waals surface area contributed by atoms with Crippen molar-refractivity contribution in [3.8, 4) is 0 Å². The third kappa shape index (κ3) is 2.06. The first kappa shape index (κ1) is 12.6. The molecule has 2 heterocycles. The monoisotopic (exact) mass is 293 g/mol. The first-order chi connectivity index (χ1) is 10.4. The van der Waals surface area contributed by atoms with Crippen LogP contribution in [0.3, 0.4) is 0 Å². The second-order valence-corrected chi connectivity index (χ2v) is 6.07. The van der Waals surface area contributed by atoms with E-state index in [0.717, 1.165) is 11.2 Å². The Morgan fingerprint density at radius 3 is 2.62 bits per heavy atom. The number of benzene rings is 2. The van der Waals surface area contributed by atoms with Crippen LogP contribution in [-0.4, -0.2) is 7.05 Å². The van der Waals surface area contributed by atoms with Crippen LogP contribution in [0.15, 0.2) is 64.4 Å². The van der Waals surface area contributed by atoms with Gasteiger partial charge in [-0.05, 0) is 42.3 Å². The summed E-state index contributed by atoms with van der Waals surface area (Å²) in [4.78, 5) is 1.32. The van der Waals surface area contributed by atoms with Gasteiger partial charge in [-0.25, -0.2) is 0 Å². The topological polar surface area (TPSA) is 25.2 Å². The van der Waals surface area contributed by atoms with Crippen molar-refractivity contribution < 1.29 is 4.42 Å². The van der Waals surface area contributed by atoms with Crippen LogP contribution in [0, 0.1) is 0 Å². The van der Waals surface area contributed by atoms with Crippen LogP contribution < -0.4 is 5.32 Å². The van der Waals surface area contributed by atoms with Gasteiger partial charge in [0.05, 0.1) is 6.04 Å². The highest BCUT2D eigenvalue weighted by Gasteiger charge is 2.15. The molecule has 104 valence electrons. The zero-order chi connectivity index (χ0) is 14.2. The normalized spacial score (nSPS) is 13.0. The summed E-state index contributed by atoms with van der Waals surface area (Å²) in [5, 5.41) is 7.88. The number of hydrogen-bond acceptors (Lipinski definition) is 3. The fraction of sp³-hybridized carbons (Fsp3) is 0.111. The highest BCUT2D eigenvalue weighted by Crippen LogP contribution is 2.33. The minimum absolute atomic E-state index is 0.225. The summed E-state index contributed by atoms with van der Waals surface area (Å²) < 4.78 is 5.89. The molecule has 0 spiro atoms. The smallest absolute Gasteiger partial charge is 0.135 e. The molecule has 3 heteroatoms. The Morgan fingerprint density at radius 2 is 1.81 bits per heavy atom. The lowest BCUT2D eigenvalue weighted by molar-refractivity contribution is 0.667. The largest absolute Gasteiger partial charge is 0.456 e. The van der Waals surface area contributed by atoms with E-state index in [0.29, 0.717) is 0 Å². The number of furan rings is 1. The van der Waals surface area contributed by atoms with Gasteiger partial charge >= 0.3 is 0 Å². The molecule has 0 radical (unpaired) electrons. The summed E-state index contributed by atoms with van der Waals surface area (Å²) >= 11 is 1.78. The van der Waals surface area contributed by atoms with Gasteiger partial charge in [0.15, 0.2) is 0 Å². The van der Waals surface area contributed by atoms with Crippen molar-refractivity contribution in [1.82, 2.24) is 5.32 Å². The van der Waals surface area contributed by atoms with Crippen molar-refractivity contribution in [2.45, 2.75) is 6.04 Å². The molecule has 0 aliphatic carbocycles. The van der Waals surface area contributed by atoms with Crippen LogP contribution >= 0.6 is 11.3 Å². The molecule has 2 aromatic heterocycles. The summed E-state index contributed by atoms with van der Waals surface area (Å²) in [6, 6.07) is 19.1. The maximum absolute atomic E-state index is 5.89. The van der Waals surface area contributed by atoms with Crippen molar-refractivity contribution in [2.75, 3.05) is 7.05 Å². The third-order valence-corrected chi connectivity index (χ3v) is 4.79. The van der Waals surface area contributed by atoms with Crippen molar-refractivity contribution in [1.29, 1.82) is 0 Å². The SMILES string of the molecule is CNC(c1ccc2oc3ccccc3c2c1)c1cccs1. The van der Waals surface area contributed by atoms with E-state index < -0.39 is 0 Å². The molecular formula is C18H15NOS. The van der Waals surface area contributed by atoms with Crippen LogP contribution in [0.5, 0.6) is 0 Å². The van der Waals surface area contributed by atoms with E-state index in [9.17, 15) is 0 Å². The fourth-order valence-corrected chi connectivity index (χ4v) is 3.71. The summed E-state index contributed by atoms with van der Waals surface area (Å²) in [5.74, 6) is 0. The predicted molar refractivity (Wildman–Crippen MR) is 88.9 cm³/mol. The molecule has 0 saturated heterocycles. The molecular weight excluding hydrogens is 278 g/mol. The number of hydrogen-bond donors (Lipinski definition) is 1. The van der Waals surface area contributed by atoms with Crippen molar-refractivity contribution >= 4 is 33.3 Å². The van der Waals surface area contributed by atoms with Gasteiger partial charge in [0.2, 0.25) is 0 Å². The van der Waals surface area contributed by atoms with Crippen molar-refractivity contribution in [3.05, 3.63) is 70.4 Å². The van der Waals surface area contributed by atoms with Crippen LogP contribution in [0.1, 0.15) is 16.5 Å². The minimum Gasteiger partial charge on any atom is -0.456 e. The Morgan fingerprint density at radius 1 is 0.952 bits per heavy atom. The highest BCUT2D eigenvalue weighted by molar-refractivity contribution is 7.10. The van der Waals surface area contributed by atoms with Gasteiger partial charge in [-0.2, -0.15) is 0 Å². The first-order valence-corrected chi connectivity index (χ1v) is 7.86. The number of nitrogens with one attached hydrogen (secondary N) is 1. The van der Waals surface area contributed by atoms with Gasteiger partial charge in [-0.1, -0.05) is 30.3 Å². The molecule has 1 atom stereocenters. The molecule has 0 fully saturated rings. The number of fused-ring (bicyclic) bond motifs is 3. The van der Waals surface area contributed by atoms with Gasteiger partial charge in [0.1, 0.15) is 11.2 Å². The van der Waals surface area contributed by atoms with Crippen molar-refractivity contribution in [2.24, 2.45) is 0 Å². The van der Waals surface area contributed by atoms with E-state index in [-0.39, 0.29) is 6.04 Å². The first-order valence-electron chi connectivity index (χ1n) is 6.98. The predicted octanol–water partition coefficient (Wildman–Crippen LogP) is 4.96. The summed E-state index contributed by atoms with van der Waals surface area (Å²) in [5.41, 5.74) is 3.15. The van der Waals surface area contributed by atoms with Crippen LogP contribution in [-0.2, 0) is 0 Å². The van der Waals surface area contributed by atoms with E-state index in [1.807, 2.05) is 19.2 Å². The molecule has 0 saturated carbocycles. The average molecular weight is 293 g/mol. The quantitative estimate of drug-likeness (QED) is 0.578. The third-order valence-electron chi connectivity index (χ3n) is 3.85. The lowest BCUT2D eigenvalue weighted by Crippen LogP contribution is -2.16. The van der Waals surface area contributed by atoms with E-state index >= 15 is 0 Å². The lowest BCUT2D eigenvalue weighted by Gasteiger charge is -2.15. The highest BCUT2D eigenvalue weighted by atomic mass is 32.1. The zero-order valence-corrected chi connectivity index (χ0v) is 12.5. The Bertz CT molecular complexity index is 892. The summed E-state index contributed by atoms with van der Waals surface area (Å²) in [6.07, 6.45) is 0. The van der Waals surface area contributed by atoms with E-state index in [1.54, 1.807) is 11.3 Å². The Labute approximate surface area is 127 Å². The van der Waals surface area contributed by atoms with Crippen LogP contribution in [0.4, 0.5) is 0 Å². The standard InChI is InChI=1S/C18H15NOS/c1-19-18(17-7-4-10-21-17)12-8-9-16-14(11-12)13-5-2-3-6-15(13)20-16/h2-11,18-19H,1H3. The van der Waals surface area contributed by atoms with E-state index in [1.165, 1.54) is 21.2 Å². The van der Waals surface area contributed by atoms with Gasteiger partial charge in [-0.3, -0.25) is 0 Å². The Hall–Kier alpha value is -2.10. The van der Waals surface area contributed by atoms with Gasteiger partial charge < -0.3 is 9.73 Å². The molecule has 4 rings (SSSR count). The fourth-order valence-electron chi connectivity index (χ4n) is 2.85. The van der Waals surface area contributed by atoms with Crippen molar-refractivity contribution in [3.63, 3.8) is 0 Å². The number of thiophene rings is 1. The van der Waals surface area contributed by atoms with E-state index in [4.69, 9.17) is 4.42 Å². The molecule has 2 aromatic carbocycles. The Kier molecular flexibility index (Phi) is 3.02. The average Bonchev–Trinajstić information content (AvgIpc) is 3.15. The molecule has 0 aliphatic heterocycles. The second kappa shape index (κ2) is 5.02. The maximum Gasteiger partial charge on any atom is 0.135 e. The minimum atomic E-state index is 0.225. The van der Waals surface area contributed by atoms with Crippen LogP contribution in [0.2, 0.25) is 0 Å². The molecule has 0 amide bonds. The molecule has 2 nitrogen and oxygen atoms in total. The molecule has 4 aromatic rings. The summed E-state index contributed by atoms with van der Waals surface area (Å²) in [7, 11) is 2.00. The molecule has 0 aliphatic rings. The summed E-state index contributed by atoms with van der Waals surface area (Å²) in [6.45, 7) is 0. The van der Waals surface area contributed by atoms with Gasteiger partial charge in [-0.15, -0.1) is 11.3 Å². The molecule has 21 heavy (non-hydrogen) atoms. The molecule has 1 N–H and O–H groups in total. The van der Waals surface area contributed by atoms with Crippen LogP contribution in [0.25, 0.3) is 21.9 Å². The number of rotatable bonds is 3. The molecule has 1 unspecified atom stereocenters. The molecule has 0 bridgehead atoms. The Balaban J connectivity index is 1.91. The number of para-hydroxylation sites is 1.